The molecular weight excluding hydrogens is 252 g/mol. The van der Waals surface area contributed by atoms with Crippen molar-refractivity contribution in [2.75, 3.05) is 0 Å². The molecular formula is C12H14N2O3S. The summed E-state index contributed by atoms with van der Waals surface area (Å²) in [6.45, 7) is 3.29. The van der Waals surface area contributed by atoms with E-state index in [1.165, 1.54) is 12.1 Å². The maximum atomic E-state index is 11.3. The number of hydrogen-bond acceptors (Lipinski definition) is 3. The fraction of sp³-hybridized carbons (Fsp3) is 0.250. The third-order valence-electron chi connectivity index (χ3n) is 2.27. The van der Waals surface area contributed by atoms with Crippen LogP contribution in [-0.4, -0.2) is 14.3 Å². The van der Waals surface area contributed by atoms with Gasteiger partial charge in [0.15, 0.2) is 0 Å². The molecule has 1 rings (SSSR count). The SMILES string of the molecule is CC#CC(=O)NC(C)c1cccc(S(N)(=O)=O)c1. The predicted molar refractivity (Wildman–Crippen MR) is 67.8 cm³/mol. The monoisotopic (exact) mass is 266 g/mol. The second kappa shape index (κ2) is 5.67. The Morgan fingerprint density at radius 3 is 2.67 bits per heavy atom. The summed E-state index contributed by atoms with van der Waals surface area (Å²) in [5.74, 6) is 4.42. The lowest BCUT2D eigenvalue weighted by Crippen LogP contribution is -2.25. The zero-order chi connectivity index (χ0) is 13.8. The van der Waals surface area contributed by atoms with E-state index in [1.807, 2.05) is 0 Å². The van der Waals surface area contributed by atoms with E-state index in [-0.39, 0.29) is 10.9 Å². The highest BCUT2D eigenvalue weighted by atomic mass is 32.2. The van der Waals surface area contributed by atoms with Crippen molar-refractivity contribution in [3.8, 4) is 11.8 Å². The van der Waals surface area contributed by atoms with Gasteiger partial charge in [0.1, 0.15) is 0 Å². The van der Waals surface area contributed by atoms with Crippen LogP contribution in [0.5, 0.6) is 0 Å². The van der Waals surface area contributed by atoms with Crippen molar-refractivity contribution in [1.82, 2.24) is 5.32 Å². The first kappa shape index (κ1) is 14.2. The Bertz CT molecular complexity index is 612. The average Bonchev–Trinajstić information content (AvgIpc) is 2.28. The van der Waals surface area contributed by atoms with Gasteiger partial charge in [-0.05, 0) is 37.5 Å². The third-order valence-corrected chi connectivity index (χ3v) is 3.18. The molecule has 0 heterocycles. The Morgan fingerprint density at radius 2 is 2.11 bits per heavy atom. The van der Waals surface area contributed by atoms with Gasteiger partial charge in [0.05, 0.1) is 10.9 Å². The van der Waals surface area contributed by atoms with Gasteiger partial charge in [0.2, 0.25) is 10.0 Å². The largest absolute Gasteiger partial charge is 0.339 e. The zero-order valence-electron chi connectivity index (χ0n) is 10.1. The van der Waals surface area contributed by atoms with Crippen molar-refractivity contribution < 1.29 is 13.2 Å². The van der Waals surface area contributed by atoms with Gasteiger partial charge in [-0.2, -0.15) is 0 Å². The number of rotatable bonds is 3. The fourth-order valence-electron chi connectivity index (χ4n) is 1.39. The third kappa shape index (κ3) is 3.87. The number of nitrogens with two attached hydrogens (primary N) is 1. The van der Waals surface area contributed by atoms with Gasteiger partial charge in [0.25, 0.3) is 5.91 Å². The Labute approximate surface area is 106 Å². The molecule has 0 aliphatic rings. The number of nitrogens with one attached hydrogen (secondary N) is 1. The molecule has 0 aliphatic heterocycles. The quantitative estimate of drug-likeness (QED) is 0.782. The van der Waals surface area contributed by atoms with Gasteiger partial charge in [-0.15, -0.1) is 0 Å². The van der Waals surface area contributed by atoms with Crippen molar-refractivity contribution in [2.24, 2.45) is 5.14 Å². The summed E-state index contributed by atoms with van der Waals surface area (Å²) >= 11 is 0. The lowest BCUT2D eigenvalue weighted by molar-refractivity contribution is -0.116. The predicted octanol–water partition coefficient (Wildman–Crippen LogP) is 0.535. The lowest BCUT2D eigenvalue weighted by atomic mass is 10.1. The first-order valence-corrected chi connectivity index (χ1v) is 6.75. The van der Waals surface area contributed by atoms with Gasteiger partial charge in [0, 0.05) is 0 Å². The van der Waals surface area contributed by atoms with Crippen LogP contribution in [0.3, 0.4) is 0 Å². The minimum absolute atomic E-state index is 0.0164. The van der Waals surface area contributed by atoms with E-state index in [9.17, 15) is 13.2 Å². The number of sulfonamides is 1. The number of hydrogen-bond donors (Lipinski definition) is 2. The first-order valence-electron chi connectivity index (χ1n) is 5.20. The van der Waals surface area contributed by atoms with E-state index < -0.39 is 15.9 Å². The summed E-state index contributed by atoms with van der Waals surface area (Å²) in [5, 5.41) is 7.66. The molecule has 0 aliphatic carbocycles. The minimum Gasteiger partial charge on any atom is -0.339 e. The molecule has 6 heteroatoms. The van der Waals surface area contributed by atoms with Crippen LogP contribution in [0.25, 0.3) is 0 Å². The van der Waals surface area contributed by atoms with Crippen LogP contribution >= 0.6 is 0 Å². The molecule has 0 radical (unpaired) electrons. The molecule has 96 valence electrons. The smallest absolute Gasteiger partial charge is 0.296 e. The molecule has 1 aromatic rings. The summed E-state index contributed by atoms with van der Waals surface area (Å²) in [6, 6.07) is 5.77. The fourth-order valence-corrected chi connectivity index (χ4v) is 1.96. The molecule has 0 saturated heterocycles. The highest BCUT2D eigenvalue weighted by Crippen LogP contribution is 2.16. The molecule has 0 aromatic heterocycles. The minimum atomic E-state index is -3.74. The Balaban J connectivity index is 2.96. The van der Waals surface area contributed by atoms with Crippen LogP contribution in [0.2, 0.25) is 0 Å². The maximum Gasteiger partial charge on any atom is 0.296 e. The average molecular weight is 266 g/mol. The van der Waals surface area contributed by atoms with Crippen molar-refractivity contribution >= 4 is 15.9 Å². The molecule has 18 heavy (non-hydrogen) atoms. The number of amides is 1. The molecule has 1 amide bonds. The van der Waals surface area contributed by atoms with Gasteiger partial charge >= 0.3 is 0 Å². The Hall–Kier alpha value is -1.84. The maximum absolute atomic E-state index is 11.3. The van der Waals surface area contributed by atoms with Crippen molar-refractivity contribution in [3.63, 3.8) is 0 Å². The second-order valence-corrected chi connectivity index (χ2v) is 5.25. The van der Waals surface area contributed by atoms with E-state index in [0.717, 1.165) is 0 Å². The Morgan fingerprint density at radius 1 is 1.44 bits per heavy atom. The van der Waals surface area contributed by atoms with Crippen LogP contribution < -0.4 is 10.5 Å². The molecule has 5 nitrogen and oxygen atoms in total. The number of benzene rings is 1. The topological polar surface area (TPSA) is 89.3 Å². The molecule has 0 bridgehead atoms. The number of carbonyl (C=O) groups excluding carboxylic acids is 1. The van der Waals surface area contributed by atoms with E-state index >= 15 is 0 Å². The molecule has 0 spiro atoms. The van der Waals surface area contributed by atoms with Gasteiger partial charge in [-0.3, -0.25) is 4.79 Å². The number of carbonyl (C=O) groups is 1. The molecule has 1 unspecified atom stereocenters. The molecule has 0 fully saturated rings. The zero-order valence-corrected chi connectivity index (χ0v) is 10.9. The van der Waals surface area contributed by atoms with Crippen LogP contribution in [-0.2, 0) is 14.8 Å². The summed E-state index contributed by atoms with van der Waals surface area (Å²) in [6.07, 6.45) is 0. The van der Waals surface area contributed by atoms with E-state index in [2.05, 4.69) is 17.2 Å². The summed E-state index contributed by atoms with van der Waals surface area (Å²) in [7, 11) is -3.74. The summed E-state index contributed by atoms with van der Waals surface area (Å²) < 4.78 is 22.4. The van der Waals surface area contributed by atoms with E-state index in [0.29, 0.717) is 5.56 Å². The number of primary sulfonamides is 1. The summed E-state index contributed by atoms with van der Waals surface area (Å²) in [4.78, 5) is 11.3. The standard InChI is InChI=1S/C12H14N2O3S/c1-3-5-12(15)14-9(2)10-6-4-7-11(8-10)18(13,16)17/h4,6-9H,1-2H3,(H,14,15)(H2,13,16,17). The van der Waals surface area contributed by atoms with Crippen LogP contribution in [0.1, 0.15) is 25.5 Å². The van der Waals surface area contributed by atoms with Crippen LogP contribution in [0, 0.1) is 11.8 Å². The van der Waals surface area contributed by atoms with Gasteiger partial charge in [-0.25, -0.2) is 13.6 Å². The molecule has 3 N–H and O–H groups in total. The molecule has 0 saturated carbocycles. The normalized spacial score (nSPS) is 12.2. The van der Waals surface area contributed by atoms with Gasteiger partial charge in [-0.1, -0.05) is 18.1 Å². The van der Waals surface area contributed by atoms with Crippen LogP contribution in [0.15, 0.2) is 29.2 Å². The summed E-state index contributed by atoms with van der Waals surface area (Å²) in [5.41, 5.74) is 0.646. The highest BCUT2D eigenvalue weighted by molar-refractivity contribution is 7.89. The first-order chi connectivity index (χ1) is 8.34. The van der Waals surface area contributed by atoms with Crippen molar-refractivity contribution in [1.29, 1.82) is 0 Å². The van der Waals surface area contributed by atoms with E-state index in [4.69, 9.17) is 5.14 Å². The van der Waals surface area contributed by atoms with Crippen LogP contribution in [0.4, 0.5) is 0 Å². The molecule has 1 aromatic carbocycles. The van der Waals surface area contributed by atoms with Crippen molar-refractivity contribution in [3.05, 3.63) is 29.8 Å². The highest BCUT2D eigenvalue weighted by Gasteiger charge is 2.12. The Kier molecular flexibility index (Phi) is 4.48. The second-order valence-electron chi connectivity index (χ2n) is 3.69. The van der Waals surface area contributed by atoms with Gasteiger partial charge < -0.3 is 5.32 Å². The lowest BCUT2D eigenvalue weighted by Gasteiger charge is -2.12. The molecule has 1 atom stereocenters. The van der Waals surface area contributed by atoms with E-state index in [1.54, 1.807) is 26.0 Å². The van der Waals surface area contributed by atoms with Crippen molar-refractivity contribution in [2.45, 2.75) is 24.8 Å².